The number of aromatic nitrogens is 4. The minimum absolute atomic E-state index is 0.193. The Morgan fingerprint density at radius 1 is 1.33 bits per heavy atom. The topological polar surface area (TPSA) is 89.8 Å². The molecular formula is C13H17N5O2S. The number of carbonyl (C=O) groups is 1. The average molecular weight is 307 g/mol. The fourth-order valence-electron chi connectivity index (χ4n) is 1.65. The maximum atomic E-state index is 12.1. The zero-order valence-corrected chi connectivity index (χ0v) is 12.8. The molecule has 0 saturated heterocycles. The Hall–Kier alpha value is -2.09. The van der Waals surface area contributed by atoms with E-state index in [1.54, 1.807) is 0 Å². The highest BCUT2D eigenvalue weighted by molar-refractivity contribution is 7.15. The minimum Gasteiger partial charge on any atom is -0.295 e. The molecule has 0 aliphatic rings. The van der Waals surface area contributed by atoms with Gasteiger partial charge < -0.3 is 0 Å². The highest BCUT2D eigenvalue weighted by Gasteiger charge is 2.12. The van der Waals surface area contributed by atoms with Crippen LogP contribution in [0.15, 0.2) is 16.9 Å². The lowest BCUT2D eigenvalue weighted by Gasteiger charge is -2.05. The summed E-state index contributed by atoms with van der Waals surface area (Å²) in [5.41, 5.74) is -0.0110. The fraction of sp³-hybridized carbons (Fsp3) is 0.462. The zero-order chi connectivity index (χ0) is 15.2. The molecule has 2 rings (SSSR count). The molecule has 0 aliphatic carbocycles. The molecule has 0 atom stereocenters. The van der Waals surface area contributed by atoms with Crippen molar-refractivity contribution in [1.82, 2.24) is 20.0 Å². The molecular weight excluding hydrogens is 290 g/mol. The van der Waals surface area contributed by atoms with Crippen LogP contribution in [-0.4, -0.2) is 25.9 Å². The molecule has 112 valence electrons. The number of anilines is 1. The van der Waals surface area contributed by atoms with Crippen molar-refractivity contribution in [1.29, 1.82) is 0 Å². The Balaban J connectivity index is 2.13. The Morgan fingerprint density at radius 2 is 2.14 bits per heavy atom. The molecule has 0 unspecified atom stereocenters. The molecule has 1 N–H and O–H groups in total. The number of nitrogens with one attached hydrogen (secondary N) is 1. The van der Waals surface area contributed by atoms with Crippen LogP contribution in [0.3, 0.4) is 0 Å². The Morgan fingerprint density at radius 3 is 2.81 bits per heavy atom. The van der Waals surface area contributed by atoms with Gasteiger partial charge in [0, 0.05) is 12.6 Å². The van der Waals surface area contributed by atoms with Gasteiger partial charge in [-0.25, -0.2) is 4.68 Å². The molecule has 7 nitrogen and oxygen atoms in total. The van der Waals surface area contributed by atoms with E-state index in [0.717, 1.165) is 24.3 Å². The van der Waals surface area contributed by atoms with E-state index < -0.39 is 0 Å². The second-order valence-electron chi connectivity index (χ2n) is 4.44. The molecule has 0 aromatic carbocycles. The van der Waals surface area contributed by atoms with Crippen LogP contribution in [0.4, 0.5) is 5.13 Å². The highest BCUT2D eigenvalue weighted by atomic mass is 32.1. The Labute approximate surface area is 126 Å². The first-order valence-corrected chi connectivity index (χ1v) is 7.67. The number of hydrogen-bond acceptors (Lipinski definition) is 6. The monoisotopic (exact) mass is 307 g/mol. The van der Waals surface area contributed by atoms with Crippen LogP contribution in [0, 0.1) is 0 Å². The molecule has 1 amide bonds. The average Bonchev–Trinajstić information content (AvgIpc) is 2.94. The van der Waals surface area contributed by atoms with Crippen molar-refractivity contribution < 1.29 is 4.79 Å². The van der Waals surface area contributed by atoms with Crippen molar-refractivity contribution in [3.8, 4) is 0 Å². The molecule has 2 heterocycles. The second kappa shape index (κ2) is 7.07. The summed E-state index contributed by atoms with van der Waals surface area (Å²) in [7, 11) is 0. The molecule has 0 spiro atoms. The van der Waals surface area contributed by atoms with Crippen molar-refractivity contribution in [3.63, 3.8) is 0 Å². The van der Waals surface area contributed by atoms with E-state index in [-0.39, 0.29) is 17.2 Å². The van der Waals surface area contributed by atoms with E-state index >= 15 is 0 Å². The van der Waals surface area contributed by atoms with Crippen LogP contribution in [0.1, 0.15) is 42.2 Å². The molecule has 21 heavy (non-hydrogen) atoms. The first-order chi connectivity index (χ1) is 10.1. The van der Waals surface area contributed by atoms with Crippen LogP contribution in [-0.2, 0) is 13.0 Å². The lowest BCUT2D eigenvalue weighted by Crippen LogP contribution is -2.26. The lowest BCUT2D eigenvalue weighted by atomic mass is 10.3. The first-order valence-electron chi connectivity index (χ1n) is 6.86. The van der Waals surface area contributed by atoms with Crippen LogP contribution in [0.2, 0.25) is 0 Å². The zero-order valence-electron chi connectivity index (χ0n) is 12.0. The first kappa shape index (κ1) is 15.3. The van der Waals surface area contributed by atoms with Gasteiger partial charge in [-0.15, -0.1) is 10.2 Å². The van der Waals surface area contributed by atoms with Crippen LogP contribution in [0.25, 0.3) is 0 Å². The largest absolute Gasteiger partial charge is 0.295 e. The van der Waals surface area contributed by atoms with E-state index in [0.29, 0.717) is 11.7 Å². The van der Waals surface area contributed by atoms with E-state index in [1.165, 1.54) is 28.2 Å². The van der Waals surface area contributed by atoms with E-state index in [4.69, 9.17) is 0 Å². The third-order valence-electron chi connectivity index (χ3n) is 2.81. The molecule has 2 aromatic heterocycles. The quantitative estimate of drug-likeness (QED) is 0.877. The van der Waals surface area contributed by atoms with Gasteiger partial charge in [0.2, 0.25) is 5.13 Å². The van der Waals surface area contributed by atoms with E-state index in [2.05, 4.69) is 20.6 Å². The van der Waals surface area contributed by atoms with Crippen molar-refractivity contribution in [3.05, 3.63) is 33.2 Å². The fourth-order valence-corrected chi connectivity index (χ4v) is 2.32. The SMILES string of the molecule is CCCCn1nc(C(=O)Nc2nnc(CC)s2)ccc1=O. The second-order valence-corrected chi connectivity index (χ2v) is 5.50. The summed E-state index contributed by atoms with van der Waals surface area (Å²) in [5, 5.41) is 15.8. The number of aryl methyl sites for hydroxylation is 2. The molecule has 0 fully saturated rings. The van der Waals surface area contributed by atoms with Gasteiger partial charge in [0.05, 0.1) is 0 Å². The molecule has 0 radical (unpaired) electrons. The van der Waals surface area contributed by atoms with Crippen LogP contribution in [0.5, 0.6) is 0 Å². The van der Waals surface area contributed by atoms with Gasteiger partial charge in [-0.3, -0.25) is 14.9 Å². The third kappa shape index (κ3) is 3.94. The van der Waals surface area contributed by atoms with Crippen molar-refractivity contribution in [2.24, 2.45) is 0 Å². The number of rotatable bonds is 6. The number of amides is 1. The molecule has 8 heteroatoms. The van der Waals surface area contributed by atoms with Gasteiger partial charge in [-0.1, -0.05) is 31.6 Å². The normalized spacial score (nSPS) is 10.6. The summed E-state index contributed by atoms with van der Waals surface area (Å²) in [6, 6.07) is 2.77. The number of nitrogens with zero attached hydrogens (tertiary/aromatic N) is 4. The maximum Gasteiger partial charge on any atom is 0.277 e. The predicted octanol–water partition coefficient (Wildman–Crippen LogP) is 1.71. The third-order valence-corrected chi connectivity index (χ3v) is 3.80. The maximum absolute atomic E-state index is 12.1. The van der Waals surface area contributed by atoms with Gasteiger partial charge in [0.25, 0.3) is 11.5 Å². The number of hydrogen-bond donors (Lipinski definition) is 1. The summed E-state index contributed by atoms with van der Waals surface area (Å²) in [4.78, 5) is 23.7. The molecule has 0 aliphatic heterocycles. The van der Waals surface area contributed by atoms with Crippen LogP contribution < -0.4 is 10.9 Å². The van der Waals surface area contributed by atoms with Crippen molar-refractivity contribution >= 4 is 22.4 Å². The van der Waals surface area contributed by atoms with E-state index in [9.17, 15) is 9.59 Å². The summed E-state index contributed by atoms with van der Waals surface area (Å²) in [6.07, 6.45) is 2.57. The van der Waals surface area contributed by atoms with Gasteiger partial charge in [0.1, 0.15) is 10.7 Å². The minimum atomic E-state index is -0.390. The summed E-state index contributed by atoms with van der Waals surface area (Å²) in [5.74, 6) is -0.390. The van der Waals surface area contributed by atoms with Gasteiger partial charge in [-0.2, -0.15) is 5.10 Å². The summed E-state index contributed by atoms with van der Waals surface area (Å²) in [6.45, 7) is 4.51. The van der Waals surface area contributed by atoms with Gasteiger partial charge in [-0.05, 0) is 18.9 Å². The highest BCUT2D eigenvalue weighted by Crippen LogP contribution is 2.15. The lowest BCUT2D eigenvalue weighted by molar-refractivity contribution is 0.101. The smallest absolute Gasteiger partial charge is 0.277 e. The summed E-state index contributed by atoms with van der Waals surface area (Å²) >= 11 is 1.33. The van der Waals surface area contributed by atoms with Crippen LogP contribution >= 0.6 is 11.3 Å². The molecule has 0 saturated carbocycles. The number of carbonyl (C=O) groups excluding carboxylic acids is 1. The standard InChI is InChI=1S/C13H17N5O2S/c1-3-5-8-18-11(19)7-6-9(17-18)12(20)14-13-16-15-10(4-2)21-13/h6-7H,3-5,8H2,1-2H3,(H,14,16,20). The predicted molar refractivity (Wildman–Crippen MR) is 80.6 cm³/mol. The van der Waals surface area contributed by atoms with E-state index in [1.807, 2.05) is 13.8 Å². The molecule has 2 aromatic rings. The summed E-state index contributed by atoms with van der Waals surface area (Å²) < 4.78 is 1.32. The molecule has 0 bridgehead atoms. The van der Waals surface area contributed by atoms with Gasteiger partial charge >= 0.3 is 0 Å². The van der Waals surface area contributed by atoms with Crippen molar-refractivity contribution in [2.45, 2.75) is 39.7 Å². The Bertz CT molecular complexity index is 679. The Kier molecular flexibility index (Phi) is 5.15. The van der Waals surface area contributed by atoms with Crippen molar-refractivity contribution in [2.75, 3.05) is 5.32 Å². The number of unbranched alkanes of at least 4 members (excludes halogenated alkanes) is 1. The van der Waals surface area contributed by atoms with Gasteiger partial charge in [0.15, 0.2) is 0 Å².